The van der Waals surface area contributed by atoms with E-state index in [-0.39, 0.29) is 5.41 Å². The number of hydrogen-bond acceptors (Lipinski definition) is 2. The van der Waals surface area contributed by atoms with Crippen molar-refractivity contribution < 1.29 is 4.74 Å². The Bertz CT molecular complexity index is 333. The van der Waals surface area contributed by atoms with Gasteiger partial charge in [0.15, 0.2) is 0 Å². The summed E-state index contributed by atoms with van der Waals surface area (Å²) in [6.07, 6.45) is 0. The van der Waals surface area contributed by atoms with Crippen molar-refractivity contribution in [2.75, 3.05) is 25.1 Å². The van der Waals surface area contributed by atoms with E-state index in [0.717, 1.165) is 19.8 Å². The first kappa shape index (κ1) is 11.5. The molecule has 2 nitrogen and oxygen atoms in total. The molecule has 0 bridgehead atoms. The van der Waals surface area contributed by atoms with Gasteiger partial charge >= 0.3 is 0 Å². The summed E-state index contributed by atoms with van der Waals surface area (Å²) in [5, 5.41) is 3.45. The molecule has 1 heterocycles. The van der Waals surface area contributed by atoms with Gasteiger partial charge in [-0.1, -0.05) is 32.9 Å². The van der Waals surface area contributed by atoms with E-state index < -0.39 is 0 Å². The monoisotopic (exact) mass is 219 g/mol. The first-order chi connectivity index (χ1) is 7.55. The molecular weight excluding hydrogens is 198 g/mol. The molecule has 0 radical (unpaired) electrons. The quantitative estimate of drug-likeness (QED) is 0.843. The van der Waals surface area contributed by atoms with E-state index in [2.05, 4.69) is 50.4 Å². The van der Waals surface area contributed by atoms with Crippen LogP contribution < -0.4 is 5.32 Å². The molecule has 1 saturated heterocycles. The molecule has 88 valence electrons. The fourth-order valence-electron chi connectivity index (χ4n) is 1.75. The second-order valence-corrected chi connectivity index (χ2v) is 5.61. The van der Waals surface area contributed by atoms with Crippen LogP contribution in [0.3, 0.4) is 0 Å². The highest BCUT2D eigenvalue weighted by atomic mass is 16.5. The Labute approximate surface area is 98.0 Å². The number of nitrogens with one attached hydrogen (secondary N) is 1. The Hall–Kier alpha value is -1.02. The summed E-state index contributed by atoms with van der Waals surface area (Å²) in [6, 6.07) is 8.75. The van der Waals surface area contributed by atoms with Gasteiger partial charge in [0.25, 0.3) is 0 Å². The molecule has 0 atom stereocenters. The Morgan fingerprint density at radius 2 is 1.81 bits per heavy atom. The van der Waals surface area contributed by atoms with Crippen molar-refractivity contribution in [1.82, 2.24) is 0 Å². The van der Waals surface area contributed by atoms with Crippen LogP contribution in [0.15, 0.2) is 24.3 Å². The van der Waals surface area contributed by atoms with Crippen LogP contribution in [0.5, 0.6) is 0 Å². The molecule has 2 rings (SSSR count). The molecule has 0 unspecified atom stereocenters. The van der Waals surface area contributed by atoms with E-state index in [1.807, 2.05) is 0 Å². The molecule has 1 N–H and O–H groups in total. The zero-order chi connectivity index (χ0) is 11.6. The highest BCUT2D eigenvalue weighted by molar-refractivity contribution is 5.45. The van der Waals surface area contributed by atoms with Crippen molar-refractivity contribution >= 4 is 5.69 Å². The third-order valence-electron chi connectivity index (χ3n) is 3.05. The lowest BCUT2D eigenvalue weighted by molar-refractivity contribution is -0.0248. The second kappa shape index (κ2) is 4.46. The van der Waals surface area contributed by atoms with Crippen LogP contribution in [0, 0.1) is 5.92 Å². The van der Waals surface area contributed by atoms with E-state index >= 15 is 0 Å². The van der Waals surface area contributed by atoms with Gasteiger partial charge in [-0.3, -0.25) is 0 Å². The SMILES string of the molecule is CC(C)(C)c1ccc(NCC2COC2)cc1. The highest BCUT2D eigenvalue weighted by Gasteiger charge is 2.17. The lowest BCUT2D eigenvalue weighted by atomic mass is 9.87. The Morgan fingerprint density at radius 3 is 2.25 bits per heavy atom. The smallest absolute Gasteiger partial charge is 0.0533 e. The van der Waals surface area contributed by atoms with Crippen molar-refractivity contribution in [3.05, 3.63) is 29.8 Å². The van der Waals surface area contributed by atoms with Gasteiger partial charge in [0, 0.05) is 18.2 Å². The fourth-order valence-corrected chi connectivity index (χ4v) is 1.75. The zero-order valence-corrected chi connectivity index (χ0v) is 10.4. The molecule has 0 saturated carbocycles. The van der Waals surface area contributed by atoms with Gasteiger partial charge < -0.3 is 10.1 Å². The van der Waals surface area contributed by atoms with Gasteiger partial charge in [0.05, 0.1) is 13.2 Å². The fraction of sp³-hybridized carbons (Fsp3) is 0.571. The summed E-state index contributed by atoms with van der Waals surface area (Å²) in [7, 11) is 0. The molecule has 2 heteroatoms. The lowest BCUT2D eigenvalue weighted by Gasteiger charge is -2.26. The van der Waals surface area contributed by atoms with Crippen LogP contribution in [-0.4, -0.2) is 19.8 Å². The minimum absolute atomic E-state index is 0.236. The second-order valence-electron chi connectivity index (χ2n) is 5.61. The average Bonchev–Trinajstić information content (AvgIpc) is 2.15. The summed E-state index contributed by atoms with van der Waals surface area (Å²) in [5.74, 6) is 0.697. The number of benzene rings is 1. The molecule has 16 heavy (non-hydrogen) atoms. The number of anilines is 1. The number of hydrogen-bond donors (Lipinski definition) is 1. The normalized spacial score (nSPS) is 16.9. The van der Waals surface area contributed by atoms with Crippen LogP contribution in [0.2, 0.25) is 0 Å². The van der Waals surface area contributed by atoms with Crippen molar-refractivity contribution in [3.8, 4) is 0 Å². The molecule has 1 fully saturated rings. The standard InChI is InChI=1S/C14H21NO/c1-14(2,3)12-4-6-13(7-5-12)15-8-11-9-16-10-11/h4-7,11,15H,8-10H2,1-3H3. The molecule has 0 spiro atoms. The van der Waals surface area contributed by atoms with Gasteiger partial charge in [-0.2, -0.15) is 0 Å². The molecule has 1 aromatic rings. The summed E-state index contributed by atoms with van der Waals surface area (Å²) in [5.41, 5.74) is 2.82. The predicted octanol–water partition coefficient (Wildman–Crippen LogP) is 3.04. The number of rotatable bonds is 3. The maximum Gasteiger partial charge on any atom is 0.0533 e. The number of ether oxygens (including phenoxy) is 1. The van der Waals surface area contributed by atoms with Crippen LogP contribution in [-0.2, 0) is 10.2 Å². The first-order valence-corrected chi connectivity index (χ1v) is 5.98. The average molecular weight is 219 g/mol. The van der Waals surface area contributed by atoms with E-state index in [4.69, 9.17) is 4.74 Å². The third kappa shape index (κ3) is 2.76. The lowest BCUT2D eigenvalue weighted by Crippen LogP contribution is -2.33. The van der Waals surface area contributed by atoms with Gasteiger partial charge in [0.2, 0.25) is 0 Å². The summed E-state index contributed by atoms with van der Waals surface area (Å²) in [6.45, 7) is 9.55. The molecule has 1 aliphatic heterocycles. The van der Waals surface area contributed by atoms with Crippen LogP contribution in [0.25, 0.3) is 0 Å². The predicted molar refractivity (Wildman–Crippen MR) is 67.9 cm³/mol. The van der Waals surface area contributed by atoms with Crippen molar-refractivity contribution in [2.24, 2.45) is 5.92 Å². The van der Waals surface area contributed by atoms with Gasteiger partial charge in [-0.05, 0) is 23.1 Å². The first-order valence-electron chi connectivity index (χ1n) is 5.98. The van der Waals surface area contributed by atoms with Gasteiger partial charge in [-0.15, -0.1) is 0 Å². The van der Waals surface area contributed by atoms with E-state index in [1.165, 1.54) is 11.3 Å². The van der Waals surface area contributed by atoms with E-state index in [1.54, 1.807) is 0 Å². The highest BCUT2D eigenvalue weighted by Crippen LogP contribution is 2.23. The minimum atomic E-state index is 0.236. The maximum atomic E-state index is 5.15. The van der Waals surface area contributed by atoms with E-state index in [0.29, 0.717) is 5.92 Å². The van der Waals surface area contributed by atoms with E-state index in [9.17, 15) is 0 Å². The van der Waals surface area contributed by atoms with Crippen LogP contribution in [0.4, 0.5) is 5.69 Å². The molecule has 0 aliphatic carbocycles. The van der Waals surface area contributed by atoms with Crippen molar-refractivity contribution in [3.63, 3.8) is 0 Å². The van der Waals surface area contributed by atoms with Gasteiger partial charge in [0.1, 0.15) is 0 Å². The van der Waals surface area contributed by atoms with Gasteiger partial charge in [-0.25, -0.2) is 0 Å². The summed E-state index contributed by atoms with van der Waals surface area (Å²) in [4.78, 5) is 0. The molecule has 0 amide bonds. The Balaban J connectivity index is 1.91. The third-order valence-corrected chi connectivity index (χ3v) is 3.05. The maximum absolute atomic E-state index is 5.15. The summed E-state index contributed by atoms with van der Waals surface area (Å²) < 4.78 is 5.15. The molecule has 0 aromatic heterocycles. The molecule has 1 aliphatic rings. The largest absolute Gasteiger partial charge is 0.385 e. The minimum Gasteiger partial charge on any atom is -0.385 e. The topological polar surface area (TPSA) is 21.3 Å². The Morgan fingerprint density at radius 1 is 1.19 bits per heavy atom. The van der Waals surface area contributed by atoms with Crippen LogP contribution in [0.1, 0.15) is 26.3 Å². The van der Waals surface area contributed by atoms with Crippen LogP contribution >= 0.6 is 0 Å². The molecule has 1 aromatic carbocycles. The van der Waals surface area contributed by atoms with Crippen molar-refractivity contribution in [1.29, 1.82) is 0 Å². The zero-order valence-electron chi connectivity index (χ0n) is 10.4. The molecular formula is C14H21NO. The summed E-state index contributed by atoms with van der Waals surface area (Å²) >= 11 is 0. The Kier molecular flexibility index (Phi) is 3.20. The van der Waals surface area contributed by atoms with Crippen molar-refractivity contribution in [2.45, 2.75) is 26.2 Å².